The fourth-order valence-corrected chi connectivity index (χ4v) is 4.74. The van der Waals surface area contributed by atoms with E-state index in [2.05, 4.69) is 65.5 Å². The molecule has 1 aromatic carbocycles. The fraction of sp³-hybridized carbons (Fsp3) is 0.458. The minimum atomic E-state index is 0.0151. The summed E-state index contributed by atoms with van der Waals surface area (Å²) >= 11 is 0. The molecule has 1 unspecified atom stereocenters. The first-order valence-corrected chi connectivity index (χ1v) is 11.8. The molecule has 9 nitrogen and oxygen atoms in total. The second-order valence-electron chi connectivity index (χ2n) is 8.98. The van der Waals surface area contributed by atoms with Crippen molar-refractivity contribution in [3.05, 3.63) is 42.9 Å². The predicted octanol–water partition coefficient (Wildman–Crippen LogP) is 1.91. The SMILES string of the molecule is CN1CCN(c2cccc(NCC(=O)NC3CCCN(c4ncnc5[nH]ccc45)C3)c2)CC1. The van der Waals surface area contributed by atoms with Crippen molar-refractivity contribution in [2.24, 2.45) is 0 Å². The van der Waals surface area contributed by atoms with Crippen molar-refractivity contribution in [1.82, 2.24) is 25.2 Å². The number of nitrogens with one attached hydrogen (secondary N) is 3. The standard InChI is InChI=1S/C24H32N8O/c1-30-10-12-31(13-11-30)20-6-2-4-18(14-20)26-15-22(33)29-19-5-3-9-32(16-19)24-21-7-8-25-23(21)27-17-28-24/h2,4,6-8,14,17,19,26H,3,5,9-13,15-16H2,1H3,(H,29,33)(H,25,27,28). The van der Waals surface area contributed by atoms with Gasteiger partial charge in [-0.1, -0.05) is 6.07 Å². The van der Waals surface area contributed by atoms with Crippen molar-refractivity contribution >= 4 is 34.1 Å². The number of rotatable bonds is 6. The molecule has 174 valence electrons. The van der Waals surface area contributed by atoms with E-state index in [9.17, 15) is 4.79 Å². The van der Waals surface area contributed by atoms with E-state index in [0.717, 1.165) is 74.6 Å². The lowest BCUT2D eigenvalue weighted by atomic mass is 10.1. The maximum atomic E-state index is 12.7. The van der Waals surface area contributed by atoms with Crippen molar-refractivity contribution in [3.63, 3.8) is 0 Å². The van der Waals surface area contributed by atoms with Crippen molar-refractivity contribution in [2.45, 2.75) is 18.9 Å². The van der Waals surface area contributed by atoms with Crippen molar-refractivity contribution < 1.29 is 4.79 Å². The topological polar surface area (TPSA) is 92.4 Å². The molecule has 0 bridgehead atoms. The zero-order chi connectivity index (χ0) is 22.6. The van der Waals surface area contributed by atoms with E-state index in [0.29, 0.717) is 0 Å². The number of likely N-dealkylation sites (N-methyl/N-ethyl adjacent to an activating group) is 1. The Labute approximate surface area is 194 Å². The van der Waals surface area contributed by atoms with Crippen LogP contribution in [0.2, 0.25) is 0 Å². The Bertz CT molecular complexity index is 1090. The number of aromatic amines is 1. The number of hydrogen-bond donors (Lipinski definition) is 3. The number of amides is 1. The van der Waals surface area contributed by atoms with Crippen LogP contribution in [0.4, 0.5) is 17.2 Å². The average molecular weight is 449 g/mol. The summed E-state index contributed by atoms with van der Waals surface area (Å²) in [4.78, 5) is 31.6. The monoisotopic (exact) mass is 448 g/mol. The van der Waals surface area contributed by atoms with Crippen LogP contribution < -0.4 is 20.4 Å². The zero-order valence-electron chi connectivity index (χ0n) is 19.1. The van der Waals surface area contributed by atoms with Gasteiger partial charge in [0.2, 0.25) is 5.91 Å². The summed E-state index contributed by atoms with van der Waals surface area (Å²) in [5.41, 5.74) is 3.02. The third-order valence-corrected chi connectivity index (χ3v) is 6.59. The first kappa shape index (κ1) is 21.5. The van der Waals surface area contributed by atoms with Crippen LogP contribution in [0.5, 0.6) is 0 Å². The summed E-state index contributed by atoms with van der Waals surface area (Å²) in [5.74, 6) is 0.945. The molecule has 4 heterocycles. The Hall–Kier alpha value is -3.33. The normalized spacial score (nSPS) is 19.6. The Morgan fingerprint density at radius 3 is 2.88 bits per heavy atom. The minimum absolute atomic E-state index is 0.0151. The molecule has 0 spiro atoms. The van der Waals surface area contributed by atoms with Crippen LogP contribution in [0.15, 0.2) is 42.9 Å². The van der Waals surface area contributed by atoms with E-state index in [1.165, 1.54) is 5.69 Å². The van der Waals surface area contributed by atoms with Gasteiger partial charge in [0, 0.05) is 62.9 Å². The molecular formula is C24H32N8O. The summed E-state index contributed by atoms with van der Waals surface area (Å²) in [5, 5.41) is 7.52. The highest BCUT2D eigenvalue weighted by molar-refractivity contribution is 5.87. The highest BCUT2D eigenvalue weighted by Crippen LogP contribution is 2.25. The van der Waals surface area contributed by atoms with Gasteiger partial charge in [0.15, 0.2) is 0 Å². The summed E-state index contributed by atoms with van der Waals surface area (Å²) in [6, 6.07) is 10.5. The van der Waals surface area contributed by atoms with E-state index < -0.39 is 0 Å². The van der Waals surface area contributed by atoms with Crippen LogP contribution in [0.3, 0.4) is 0 Å². The molecule has 2 aliphatic rings. The molecule has 3 N–H and O–H groups in total. The first-order valence-electron chi connectivity index (χ1n) is 11.8. The van der Waals surface area contributed by atoms with Crippen LogP contribution in [0.1, 0.15) is 12.8 Å². The van der Waals surface area contributed by atoms with E-state index in [1.807, 2.05) is 18.3 Å². The van der Waals surface area contributed by atoms with E-state index in [-0.39, 0.29) is 18.5 Å². The largest absolute Gasteiger partial charge is 0.376 e. The molecule has 5 rings (SSSR count). The predicted molar refractivity (Wildman–Crippen MR) is 132 cm³/mol. The van der Waals surface area contributed by atoms with Crippen LogP contribution in [0.25, 0.3) is 11.0 Å². The lowest BCUT2D eigenvalue weighted by molar-refractivity contribution is -0.120. The van der Waals surface area contributed by atoms with Gasteiger partial charge < -0.3 is 30.3 Å². The smallest absolute Gasteiger partial charge is 0.239 e. The molecule has 0 aliphatic carbocycles. The number of hydrogen-bond acceptors (Lipinski definition) is 7. The molecule has 0 saturated carbocycles. The number of aromatic nitrogens is 3. The van der Waals surface area contributed by atoms with Crippen LogP contribution in [-0.4, -0.2) is 84.7 Å². The number of carbonyl (C=O) groups excluding carboxylic acids is 1. The van der Waals surface area contributed by atoms with Crippen LogP contribution in [0, 0.1) is 0 Å². The van der Waals surface area contributed by atoms with Gasteiger partial charge in [-0.2, -0.15) is 0 Å². The second kappa shape index (κ2) is 9.66. The third-order valence-electron chi connectivity index (χ3n) is 6.59. The van der Waals surface area contributed by atoms with E-state index >= 15 is 0 Å². The average Bonchev–Trinajstić information content (AvgIpc) is 3.33. The van der Waals surface area contributed by atoms with Gasteiger partial charge in [0.25, 0.3) is 0 Å². The Morgan fingerprint density at radius 2 is 2.00 bits per heavy atom. The Morgan fingerprint density at radius 1 is 1.12 bits per heavy atom. The molecule has 2 aromatic heterocycles. The number of carbonyl (C=O) groups is 1. The molecule has 9 heteroatoms. The summed E-state index contributed by atoms with van der Waals surface area (Å²) in [7, 11) is 2.16. The van der Waals surface area contributed by atoms with Gasteiger partial charge in [-0.25, -0.2) is 9.97 Å². The highest BCUT2D eigenvalue weighted by Gasteiger charge is 2.24. The van der Waals surface area contributed by atoms with Gasteiger partial charge in [0.05, 0.1) is 11.9 Å². The summed E-state index contributed by atoms with van der Waals surface area (Å²) in [6.45, 7) is 6.15. The Kier molecular flexibility index (Phi) is 6.30. The maximum Gasteiger partial charge on any atom is 0.239 e. The molecule has 2 saturated heterocycles. The van der Waals surface area contributed by atoms with Gasteiger partial charge in [0.1, 0.15) is 17.8 Å². The second-order valence-corrected chi connectivity index (χ2v) is 8.98. The Balaban J connectivity index is 1.15. The van der Waals surface area contributed by atoms with E-state index in [4.69, 9.17) is 0 Å². The van der Waals surface area contributed by atoms with Gasteiger partial charge >= 0.3 is 0 Å². The summed E-state index contributed by atoms with van der Waals surface area (Å²) in [6.07, 6.45) is 5.47. The highest BCUT2D eigenvalue weighted by atomic mass is 16.2. The van der Waals surface area contributed by atoms with Crippen molar-refractivity contribution in [3.8, 4) is 0 Å². The molecule has 1 atom stereocenters. The van der Waals surface area contributed by atoms with Crippen molar-refractivity contribution in [1.29, 1.82) is 0 Å². The number of H-pyrrole nitrogens is 1. The van der Waals surface area contributed by atoms with Crippen molar-refractivity contribution in [2.75, 3.05) is 68.0 Å². The zero-order valence-corrected chi connectivity index (χ0v) is 19.1. The fourth-order valence-electron chi connectivity index (χ4n) is 4.74. The van der Waals surface area contributed by atoms with Gasteiger partial charge in [-0.15, -0.1) is 0 Å². The summed E-state index contributed by atoms with van der Waals surface area (Å²) < 4.78 is 0. The molecule has 2 aliphatic heterocycles. The number of piperidine rings is 1. The first-order chi connectivity index (χ1) is 16.2. The third kappa shape index (κ3) is 5.03. The number of piperazine rings is 1. The number of benzene rings is 1. The molecule has 33 heavy (non-hydrogen) atoms. The number of anilines is 3. The van der Waals surface area contributed by atoms with Gasteiger partial charge in [-0.3, -0.25) is 4.79 Å². The molecule has 3 aromatic rings. The van der Waals surface area contributed by atoms with Crippen LogP contribution >= 0.6 is 0 Å². The molecule has 1 amide bonds. The lowest BCUT2D eigenvalue weighted by Crippen LogP contribution is -2.49. The molecule has 0 radical (unpaired) electrons. The van der Waals surface area contributed by atoms with Gasteiger partial charge in [-0.05, 0) is 44.2 Å². The number of fused-ring (bicyclic) bond motifs is 1. The molecule has 2 fully saturated rings. The molecular weight excluding hydrogens is 416 g/mol. The quantitative estimate of drug-likeness (QED) is 0.530. The van der Waals surface area contributed by atoms with Crippen LogP contribution in [-0.2, 0) is 4.79 Å². The number of nitrogens with zero attached hydrogens (tertiary/aromatic N) is 5. The lowest BCUT2D eigenvalue weighted by Gasteiger charge is -2.34. The maximum absolute atomic E-state index is 12.7. The minimum Gasteiger partial charge on any atom is -0.376 e. The van der Waals surface area contributed by atoms with E-state index in [1.54, 1.807) is 6.33 Å².